The van der Waals surface area contributed by atoms with Crippen molar-refractivity contribution in [3.63, 3.8) is 0 Å². The fraction of sp³-hybridized carbons (Fsp3) is 0.375. The molecular formula is C24H28N4O4. The molecule has 0 atom stereocenters. The van der Waals surface area contributed by atoms with E-state index >= 15 is 0 Å². The van der Waals surface area contributed by atoms with E-state index in [1.54, 1.807) is 32.4 Å². The monoisotopic (exact) mass is 436 g/mol. The van der Waals surface area contributed by atoms with Crippen molar-refractivity contribution < 1.29 is 19.1 Å². The fourth-order valence-corrected chi connectivity index (χ4v) is 4.07. The molecule has 0 saturated carbocycles. The van der Waals surface area contributed by atoms with E-state index in [1.807, 2.05) is 31.2 Å². The Labute approximate surface area is 187 Å². The molecule has 2 amide bonds. The van der Waals surface area contributed by atoms with Crippen LogP contribution in [0.4, 0.5) is 5.69 Å². The van der Waals surface area contributed by atoms with Crippen LogP contribution in [-0.2, 0) is 9.59 Å². The molecule has 2 aliphatic heterocycles. The van der Waals surface area contributed by atoms with Gasteiger partial charge in [0.2, 0.25) is 5.91 Å². The first-order valence-electron chi connectivity index (χ1n) is 10.6. The second-order valence-corrected chi connectivity index (χ2v) is 8.24. The van der Waals surface area contributed by atoms with E-state index in [9.17, 15) is 9.59 Å². The van der Waals surface area contributed by atoms with Crippen LogP contribution in [0, 0.1) is 6.92 Å². The number of aryl methyl sites for hydroxylation is 1. The second-order valence-electron chi connectivity index (χ2n) is 8.24. The van der Waals surface area contributed by atoms with Gasteiger partial charge in [0, 0.05) is 55.4 Å². The number of amides is 2. The molecule has 0 aromatic heterocycles. The number of carbonyl (C=O) groups is 2. The van der Waals surface area contributed by atoms with Gasteiger partial charge in [-0.2, -0.15) is 0 Å². The Balaban J connectivity index is 1.35. The Bertz CT molecular complexity index is 1020. The average Bonchev–Trinajstić information content (AvgIpc) is 3.11. The molecule has 0 aliphatic carbocycles. The summed E-state index contributed by atoms with van der Waals surface area (Å²) in [5.74, 6) is 0.972. The van der Waals surface area contributed by atoms with Crippen molar-refractivity contribution >= 4 is 23.2 Å². The number of aliphatic imine (C=N–C) groups is 1. The molecule has 4 rings (SSSR count). The molecular weight excluding hydrogens is 408 g/mol. The van der Waals surface area contributed by atoms with Crippen molar-refractivity contribution in [2.75, 3.05) is 39.2 Å². The van der Waals surface area contributed by atoms with Crippen LogP contribution in [0.5, 0.6) is 11.5 Å². The minimum atomic E-state index is -0.579. The summed E-state index contributed by atoms with van der Waals surface area (Å²) in [6.45, 7) is 3.61. The summed E-state index contributed by atoms with van der Waals surface area (Å²) in [5, 5.41) is 5.98. The lowest BCUT2D eigenvalue weighted by atomic mass is 9.98. The molecule has 8 nitrogen and oxygen atoms in total. The van der Waals surface area contributed by atoms with Crippen LogP contribution < -0.4 is 20.1 Å². The number of anilines is 1. The zero-order valence-electron chi connectivity index (χ0n) is 18.6. The predicted molar refractivity (Wildman–Crippen MR) is 122 cm³/mol. The fourth-order valence-electron chi connectivity index (χ4n) is 4.07. The Morgan fingerprint density at radius 2 is 1.72 bits per heavy atom. The van der Waals surface area contributed by atoms with Gasteiger partial charge in [-0.3, -0.25) is 19.5 Å². The van der Waals surface area contributed by atoms with Crippen molar-refractivity contribution in [3.05, 3.63) is 53.6 Å². The lowest BCUT2D eigenvalue weighted by molar-refractivity contribution is -0.119. The molecule has 1 saturated heterocycles. The molecule has 2 aromatic rings. The van der Waals surface area contributed by atoms with Crippen molar-refractivity contribution in [1.82, 2.24) is 10.2 Å². The van der Waals surface area contributed by atoms with E-state index < -0.39 is 5.66 Å². The lowest BCUT2D eigenvalue weighted by Gasteiger charge is -2.36. The highest BCUT2D eigenvalue weighted by Crippen LogP contribution is 2.29. The van der Waals surface area contributed by atoms with E-state index in [2.05, 4.69) is 15.5 Å². The molecule has 8 heteroatoms. The summed E-state index contributed by atoms with van der Waals surface area (Å²) >= 11 is 0. The average molecular weight is 437 g/mol. The van der Waals surface area contributed by atoms with E-state index in [0.717, 1.165) is 11.1 Å². The molecule has 0 unspecified atom stereocenters. The minimum Gasteiger partial charge on any atom is -0.497 e. The molecule has 0 bridgehead atoms. The van der Waals surface area contributed by atoms with E-state index in [0.29, 0.717) is 48.8 Å². The number of hydrogen-bond acceptors (Lipinski definition) is 6. The first-order valence-corrected chi connectivity index (χ1v) is 10.6. The number of ether oxygens (including phenoxy) is 2. The predicted octanol–water partition coefficient (Wildman–Crippen LogP) is 2.36. The zero-order valence-corrected chi connectivity index (χ0v) is 18.6. The zero-order chi connectivity index (χ0) is 22.7. The maximum absolute atomic E-state index is 12.6. The van der Waals surface area contributed by atoms with Gasteiger partial charge < -0.3 is 20.1 Å². The van der Waals surface area contributed by atoms with Gasteiger partial charge >= 0.3 is 0 Å². The first kappa shape index (κ1) is 21.8. The highest BCUT2D eigenvalue weighted by Gasteiger charge is 2.42. The van der Waals surface area contributed by atoms with E-state index in [1.165, 1.54) is 0 Å². The van der Waals surface area contributed by atoms with Crippen LogP contribution >= 0.6 is 0 Å². The smallest absolute Gasteiger partial charge is 0.272 e. The molecule has 32 heavy (non-hydrogen) atoms. The number of hydrogen-bond donors (Lipinski definition) is 2. The van der Waals surface area contributed by atoms with Crippen molar-refractivity contribution in [1.29, 1.82) is 0 Å². The highest BCUT2D eigenvalue weighted by molar-refractivity contribution is 6.46. The van der Waals surface area contributed by atoms with Gasteiger partial charge in [0.05, 0.1) is 20.8 Å². The Morgan fingerprint density at radius 1 is 1.09 bits per heavy atom. The normalized spacial score (nSPS) is 17.6. The van der Waals surface area contributed by atoms with Gasteiger partial charge in [-0.15, -0.1) is 0 Å². The molecule has 2 N–H and O–H groups in total. The lowest BCUT2D eigenvalue weighted by Crippen LogP contribution is -2.52. The summed E-state index contributed by atoms with van der Waals surface area (Å²) in [5.41, 5.74) is 2.50. The van der Waals surface area contributed by atoms with Gasteiger partial charge in [-0.05, 0) is 6.92 Å². The summed E-state index contributed by atoms with van der Waals surface area (Å²) < 4.78 is 10.5. The third-order valence-corrected chi connectivity index (χ3v) is 5.90. The van der Waals surface area contributed by atoms with Gasteiger partial charge in [0.25, 0.3) is 5.91 Å². The van der Waals surface area contributed by atoms with Crippen LogP contribution in [0.1, 0.15) is 24.0 Å². The van der Waals surface area contributed by atoms with Crippen LogP contribution in [-0.4, -0.2) is 61.9 Å². The topological polar surface area (TPSA) is 92.3 Å². The Morgan fingerprint density at radius 3 is 2.31 bits per heavy atom. The number of carbonyl (C=O) groups excluding carboxylic acids is 2. The SMILES string of the molecule is COc1cc(NC(=O)CN2CCC3(CC2)N=C(c2ccc(C)cc2)C(=O)N3)cc(OC)c1. The van der Waals surface area contributed by atoms with Crippen LogP contribution in [0.25, 0.3) is 0 Å². The van der Waals surface area contributed by atoms with Gasteiger partial charge in [0.1, 0.15) is 22.9 Å². The standard InChI is InChI=1S/C24H28N4O4/c1-16-4-6-17(7-5-16)22-23(30)27-24(26-22)8-10-28(11-9-24)15-21(29)25-18-12-19(31-2)14-20(13-18)32-3/h4-7,12-14H,8-11,15H2,1-3H3,(H,25,29)(H,27,30). The molecule has 1 spiro atoms. The maximum Gasteiger partial charge on any atom is 0.272 e. The summed E-state index contributed by atoms with van der Waals surface area (Å²) in [4.78, 5) is 32.0. The number of nitrogens with zero attached hydrogens (tertiary/aromatic N) is 2. The minimum absolute atomic E-state index is 0.115. The van der Waals surface area contributed by atoms with E-state index in [-0.39, 0.29) is 18.4 Å². The van der Waals surface area contributed by atoms with Crippen LogP contribution in [0.15, 0.2) is 47.5 Å². The molecule has 0 radical (unpaired) electrons. The molecule has 1 fully saturated rings. The number of benzene rings is 2. The first-order chi connectivity index (χ1) is 15.4. The number of nitrogens with one attached hydrogen (secondary N) is 2. The largest absolute Gasteiger partial charge is 0.497 e. The molecule has 2 aliphatic rings. The second kappa shape index (κ2) is 9.00. The summed E-state index contributed by atoms with van der Waals surface area (Å²) in [7, 11) is 3.14. The number of rotatable bonds is 6. The Hall–Kier alpha value is -3.39. The highest BCUT2D eigenvalue weighted by atomic mass is 16.5. The van der Waals surface area contributed by atoms with E-state index in [4.69, 9.17) is 14.5 Å². The quantitative estimate of drug-likeness (QED) is 0.725. The van der Waals surface area contributed by atoms with Crippen LogP contribution in [0.3, 0.4) is 0 Å². The summed E-state index contributed by atoms with van der Waals surface area (Å²) in [6.07, 6.45) is 1.32. The number of piperidine rings is 1. The molecule has 2 aromatic carbocycles. The van der Waals surface area contributed by atoms with Gasteiger partial charge in [0.15, 0.2) is 0 Å². The molecule has 2 heterocycles. The van der Waals surface area contributed by atoms with Crippen molar-refractivity contribution in [3.8, 4) is 11.5 Å². The number of methoxy groups -OCH3 is 2. The van der Waals surface area contributed by atoms with Crippen molar-refractivity contribution in [2.45, 2.75) is 25.4 Å². The van der Waals surface area contributed by atoms with Gasteiger partial charge in [-0.1, -0.05) is 29.8 Å². The van der Waals surface area contributed by atoms with Crippen LogP contribution in [0.2, 0.25) is 0 Å². The Kier molecular flexibility index (Phi) is 6.14. The summed E-state index contributed by atoms with van der Waals surface area (Å²) in [6, 6.07) is 13.1. The third kappa shape index (κ3) is 4.75. The third-order valence-electron chi connectivity index (χ3n) is 5.90. The molecule has 168 valence electrons. The number of likely N-dealkylation sites (tertiary alicyclic amines) is 1. The maximum atomic E-state index is 12.6. The van der Waals surface area contributed by atoms with Crippen molar-refractivity contribution in [2.24, 2.45) is 4.99 Å². The van der Waals surface area contributed by atoms with Gasteiger partial charge in [-0.25, -0.2) is 0 Å².